The molecule has 0 fully saturated rings. The van der Waals surface area contributed by atoms with E-state index in [4.69, 9.17) is 4.74 Å². The molecule has 0 spiro atoms. The fraction of sp³-hybridized carbons (Fsp3) is 0.353. The van der Waals surface area contributed by atoms with Gasteiger partial charge in [0.05, 0.1) is 12.7 Å². The van der Waals surface area contributed by atoms with Crippen LogP contribution in [-0.4, -0.2) is 24.5 Å². The lowest BCUT2D eigenvalue weighted by molar-refractivity contribution is 0.0947. The van der Waals surface area contributed by atoms with Crippen LogP contribution in [-0.2, 0) is 6.42 Å². The zero-order chi connectivity index (χ0) is 15.2. The highest BCUT2D eigenvalue weighted by atomic mass is 16.5. The van der Waals surface area contributed by atoms with E-state index in [9.17, 15) is 4.79 Å². The van der Waals surface area contributed by atoms with E-state index in [1.165, 1.54) is 5.56 Å². The summed E-state index contributed by atoms with van der Waals surface area (Å²) in [5, 5.41) is 2.98. The van der Waals surface area contributed by atoms with Crippen molar-refractivity contribution in [1.29, 1.82) is 0 Å². The molecule has 0 saturated carbocycles. The third-order valence-corrected chi connectivity index (χ3v) is 3.55. The van der Waals surface area contributed by atoms with Crippen LogP contribution in [0.3, 0.4) is 0 Å². The normalized spacial score (nSPS) is 12.0. The number of aryl methyl sites for hydroxylation is 1. The Morgan fingerprint density at radius 1 is 1.29 bits per heavy atom. The second-order valence-corrected chi connectivity index (χ2v) is 5.38. The summed E-state index contributed by atoms with van der Waals surface area (Å²) in [7, 11) is 1.66. The number of methoxy groups -OCH3 is 1. The van der Waals surface area contributed by atoms with E-state index in [0.717, 1.165) is 17.9 Å². The summed E-state index contributed by atoms with van der Waals surface area (Å²) >= 11 is 0. The lowest BCUT2D eigenvalue weighted by Crippen LogP contribution is -2.29. The quantitative estimate of drug-likeness (QED) is 0.858. The predicted octanol–water partition coefficient (Wildman–Crippen LogP) is 2.94. The summed E-state index contributed by atoms with van der Waals surface area (Å²) in [5.74, 6) is 1.22. The maximum Gasteiger partial charge on any atom is 0.253 e. The Morgan fingerprint density at radius 3 is 2.57 bits per heavy atom. The second kappa shape index (κ2) is 6.97. The van der Waals surface area contributed by atoms with Crippen molar-refractivity contribution >= 4 is 5.91 Å². The molecule has 0 aliphatic carbocycles. The van der Waals surface area contributed by atoms with Crippen LogP contribution in [0.4, 0.5) is 0 Å². The standard InChI is InChI=1S/C17H22N2O2/c1-12(10-14-4-6-15(21-3)7-5-14)11-19-17(20)16-8-9-18-13(16)2/h4-9,12,18H,10-11H2,1-3H3,(H,19,20)/t12-/m0/s1. The molecular formula is C17H22N2O2. The largest absolute Gasteiger partial charge is 0.497 e. The van der Waals surface area contributed by atoms with Crippen LogP contribution in [0.25, 0.3) is 0 Å². The van der Waals surface area contributed by atoms with Crippen molar-refractivity contribution in [2.45, 2.75) is 20.3 Å². The first-order valence-electron chi connectivity index (χ1n) is 7.15. The third-order valence-electron chi connectivity index (χ3n) is 3.55. The molecule has 0 saturated heterocycles. The summed E-state index contributed by atoms with van der Waals surface area (Å²) in [6.07, 6.45) is 2.71. The summed E-state index contributed by atoms with van der Waals surface area (Å²) in [5.41, 5.74) is 2.86. The van der Waals surface area contributed by atoms with E-state index >= 15 is 0 Å². The number of aromatic amines is 1. The lowest BCUT2D eigenvalue weighted by Gasteiger charge is -2.13. The fourth-order valence-corrected chi connectivity index (χ4v) is 2.30. The van der Waals surface area contributed by atoms with Crippen LogP contribution in [0.2, 0.25) is 0 Å². The van der Waals surface area contributed by atoms with Gasteiger partial charge in [0.25, 0.3) is 5.91 Å². The minimum Gasteiger partial charge on any atom is -0.497 e. The number of ether oxygens (including phenoxy) is 1. The SMILES string of the molecule is COc1ccc(C[C@H](C)CNC(=O)c2cc[nH]c2C)cc1. The van der Waals surface area contributed by atoms with Gasteiger partial charge in [-0.2, -0.15) is 0 Å². The molecular weight excluding hydrogens is 264 g/mol. The molecule has 1 aromatic heterocycles. The van der Waals surface area contributed by atoms with E-state index in [1.54, 1.807) is 19.4 Å². The molecule has 1 heterocycles. The van der Waals surface area contributed by atoms with Crippen molar-refractivity contribution in [3.63, 3.8) is 0 Å². The number of carbonyl (C=O) groups excluding carboxylic acids is 1. The summed E-state index contributed by atoms with van der Waals surface area (Å²) in [6.45, 7) is 4.69. The average molecular weight is 286 g/mol. The number of nitrogens with one attached hydrogen (secondary N) is 2. The number of amides is 1. The molecule has 0 aliphatic heterocycles. The predicted molar refractivity (Wildman–Crippen MR) is 83.7 cm³/mol. The molecule has 0 bridgehead atoms. The highest BCUT2D eigenvalue weighted by Crippen LogP contribution is 2.14. The number of carbonyl (C=O) groups is 1. The van der Waals surface area contributed by atoms with Gasteiger partial charge in [0.2, 0.25) is 0 Å². The first kappa shape index (κ1) is 15.2. The first-order chi connectivity index (χ1) is 10.1. The van der Waals surface area contributed by atoms with Crippen LogP contribution in [0.5, 0.6) is 5.75 Å². The van der Waals surface area contributed by atoms with Crippen molar-refractivity contribution < 1.29 is 9.53 Å². The van der Waals surface area contributed by atoms with Crippen molar-refractivity contribution in [1.82, 2.24) is 10.3 Å². The number of aromatic nitrogens is 1. The second-order valence-electron chi connectivity index (χ2n) is 5.38. The van der Waals surface area contributed by atoms with Gasteiger partial charge in [0.1, 0.15) is 5.75 Å². The molecule has 2 N–H and O–H groups in total. The Morgan fingerprint density at radius 2 is 2.00 bits per heavy atom. The van der Waals surface area contributed by atoms with Gasteiger partial charge in [-0.05, 0) is 43.0 Å². The molecule has 2 aromatic rings. The van der Waals surface area contributed by atoms with Crippen molar-refractivity contribution in [2.75, 3.05) is 13.7 Å². The van der Waals surface area contributed by atoms with Crippen molar-refractivity contribution in [2.24, 2.45) is 5.92 Å². The molecule has 0 unspecified atom stereocenters. The van der Waals surface area contributed by atoms with Crippen molar-refractivity contribution in [3.05, 3.63) is 53.3 Å². The number of rotatable bonds is 6. The maximum absolute atomic E-state index is 12.0. The van der Waals surface area contributed by atoms with Gasteiger partial charge in [-0.15, -0.1) is 0 Å². The molecule has 112 valence electrons. The van der Waals surface area contributed by atoms with Crippen LogP contribution in [0.1, 0.15) is 28.5 Å². The summed E-state index contributed by atoms with van der Waals surface area (Å²) in [6, 6.07) is 9.85. The monoisotopic (exact) mass is 286 g/mol. The van der Waals surface area contributed by atoms with E-state index in [1.807, 2.05) is 19.1 Å². The van der Waals surface area contributed by atoms with Gasteiger partial charge in [-0.3, -0.25) is 4.79 Å². The highest BCUT2D eigenvalue weighted by Gasteiger charge is 2.11. The molecule has 4 nitrogen and oxygen atoms in total. The number of H-pyrrole nitrogens is 1. The van der Waals surface area contributed by atoms with Crippen molar-refractivity contribution in [3.8, 4) is 5.75 Å². The average Bonchev–Trinajstić information content (AvgIpc) is 2.92. The molecule has 0 radical (unpaired) electrons. The van der Waals surface area contributed by atoms with Gasteiger partial charge in [-0.1, -0.05) is 19.1 Å². The zero-order valence-electron chi connectivity index (χ0n) is 12.8. The smallest absolute Gasteiger partial charge is 0.253 e. The third kappa shape index (κ3) is 4.12. The number of hydrogen-bond donors (Lipinski definition) is 2. The fourth-order valence-electron chi connectivity index (χ4n) is 2.30. The minimum absolute atomic E-state index is 0.0182. The lowest BCUT2D eigenvalue weighted by atomic mass is 10.0. The van der Waals surface area contributed by atoms with E-state index < -0.39 is 0 Å². The highest BCUT2D eigenvalue weighted by molar-refractivity contribution is 5.95. The Bertz CT molecular complexity index is 587. The maximum atomic E-state index is 12.0. The zero-order valence-corrected chi connectivity index (χ0v) is 12.8. The van der Waals surface area contributed by atoms with Gasteiger partial charge in [0, 0.05) is 18.4 Å². The Balaban J connectivity index is 1.83. The van der Waals surface area contributed by atoms with Gasteiger partial charge < -0.3 is 15.0 Å². The van der Waals surface area contributed by atoms with Crippen LogP contribution in [0.15, 0.2) is 36.5 Å². The Labute approximate surface area is 125 Å². The molecule has 1 aromatic carbocycles. The first-order valence-corrected chi connectivity index (χ1v) is 7.15. The minimum atomic E-state index is -0.0182. The van der Waals surface area contributed by atoms with E-state index in [-0.39, 0.29) is 5.91 Å². The summed E-state index contributed by atoms with van der Waals surface area (Å²) < 4.78 is 5.15. The molecule has 4 heteroatoms. The van der Waals surface area contributed by atoms with E-state index in [2.05, 4.69) is 29.4 Å². The molecule has 1 amide bonds. The topological polar surface area (TPSA) is 54.1 Å². The van der Waals surface area contributed by atoms with Gasteiger partial charge in [0.15, 0.2) is 0 Å². The Kier molecular flexibility index (Phi) is 5.04. The molecule has 21 heavy (non-hydrogen) atoms. The van der Waals surface area contributed by atoms with Gasteiger partial charge >= 0.3 is 0 Å². The summed E-state index contributed by atoms with van der Waals surface area (Å²) in [4.78, 5) is 15.0. The molecule has 2 rings (SSSR count). The van der Waals surface area contributed by atoms with Crippen LogP contribution >= 0.6 is 0 Å². The number of hydrogen-bond acceptors (Lipinski definition) is 2. The van der Waals surface area contributed by atoms with E-state index in [0.29, 0.717) is 18.0 Å². The molecule has 0 aliphatic rings. The van der Waals surface area contributed by atoms with Gasteiger partial charge in [-0.25, -0.2) is 0 Å². The number of benzene rings is 1. The van der Waals surface area contributed by atoms with Crippen LogP contribution < -0.4 is 10.1 Å². The van der Waals surface area contributed by atoms with Crippen LogP contribution in [0, 0.1) is 12.8 Å². The Hall–Kier alpha value is -2.23. The molecule has 1 atom stereocenters.